The van der Waals surface area contributed by atoms with Gasteiger partial charge in [0.05, 0.1) is 0 Å². The number of hydrogen-bond donors (Lipinski definition) is 2. The van der Waals surface area contributed by atoms with E-state index in [2.05, 4.69) is 0 Å². The van der Waals surface area contributed by atoms with Gasteiger partial charge in [0.1, 0.15) is 19.5 Å². The lowest BCUT2D eigenvalue weighted by atomic mass is 14.0. The van der Waals surface area contributed by atoms with E-state index >= 15 is 0 Å². The first-order valence-electron chi connectivity index (χ1n) is 0.812. The van der Waals surface area contributed by atoms with Crippen LogP contribution >= 0.6 is 0 Å². The zero-order chi connectivity index (χ0) is 3.58. The Balaban J connectivity index is 0. The monoisotopic (exact) mass is 113 g/mol. The fraction of sp³-hybridized carbons (Fsp3) is 0. The molecule has 0 aromatic carbocycles. The molecule has 0 atom stereocenters. The maximum Gasteiger partial charge on any atom is 0.145 e. The topological polar surface area (TPSA) is 69.1 Å². The summed E-state index contributed by atoms with van der Waals surface area (Å²) in [5, 5.41) is 0. The van der Waals surface area contributed by atoms with E-state index in [0.29, 0.717) is 9.39 Å². The van der Waals surface area contributed by atoms with Crippen molar-refractivity contribution in [1.29, 1.82) is 0 Å². The summed E-state index contributed by atoms with van der Waals surface area (Å²) < 4.78 is 18.2. The largest absolute Gasteiger partial charge is 0.344 e. The zero-order valence-corrected chi connectivity index (χ0v) is 5.87. The van der Waals surface area contributed by atoms with Gasteiger partial charge in [0.2, 0.25) is 0 Å². The van der Waals surface area contributed by atoms with Crippen molar-refractivity contribution in [2.75, 3.05) is 0 Å². The molecular weight excluding hydrogens is 106 g/mol. The molecule has 0 amide bonds. The van der Waals surface area contributed by atoms with E-state index in [0.717, 1.165) is 0 Å². The molecule has 0 aliphatic heterocycles. The van der Waals surface area contributed by atoms with Crippen molar-refractivity contribution >= 4 is 19.5 Å². The molecular formula is H7NO2SSi. The fourth-order valence-corrected chi connectivity index (χ4v) is 0. The van der Waals surface area contributed by atoms with E-state index in [4.69, 9.17) is 8.42 Å². The second-order valence-corrected chi connectivity index (χ2v) is 3.51. The Kier molecular flexibility index (Phi) is 7.37. The average molecular weight is 113 g/mol. The maximum atomic E-state index is 9.10. The molecule has 0 unspecified atom stereocenters. The predicted molar refractivity (Wildman–Crippen MR) is 25.3 cm³/mol. The highest BCUT2D eigenvalue weighted by Crippen LogP contribution is 1.25. The van der Waals surface area contributed by atoms with Gasteiger partial charge in [-0.3, -0.25) is 0 Å². The van der Waals surface area contributed by atoms with Crippen molar-refractivity contribution in [3.8, 4) is 0 Å². The molecule has 0 aromatic heterocycles. The third kappa shape index (κ3) is 1160. The van der Waals surface area contributed by atoms with Gasteiger partial charge < -0.3 is 6.15 Å². The molecule has 0 aliphatic carbocycles. The Morgan fingerprint density at radius 1 is 1.40 bits per heavy atom. The van der Waals surface area contributed by atoms with Crippen LogP contribution in [-0.2, 0) is 10.2 Å². The molecule has 0 rings (SSSR count). The molecule has 3 nitrogen and oxygen atoms in total. The lowest BCUT2D eigenvalue weighted by Crippen LogP contribution is -1.60. The molecule has 0 spiro atoms. The Bertz CT molecular complexity index is 58.0. The molecule has 0 saturated heterocycles. The van der Waals surface area contributed by atoms with Crippen LogP contribution in [0.4, 0.5) is 0 Å². The maximum absolute atomic E-state index is 9.10. The summed E-state index contributed by atoms with van der Waals surface area (Å²) in [6.45, 7) is 0. The lowest BCUT2D eigenvalue weighted by molar-refractivity contribution is 0.626. The van der Waals surface area contributed by atoms with Crippen molar-refractivity contribution in [2.45, 2.75) is 0 Å². The van der Waals surface area contributed by atoms with Gasteiger partial charge in [-0.25, -0.2) is 8.42 Å². The van der Waals surface area contributed by atoms with Gasteiger partial charge in [0, 0.05) is 0 Å². The normalized spacial score (nSPS) is 7.40. The summed E-state index contributed by atoms with van der Waals surface area (Å²) in [5.74, 6) is 0. The van der Waals surface area contributed by atoms with Crippen LogP contribution in [0.1, 0.15) is 0 Å². The smallest absolute Gasteiger partial charge is 0.145 e. The molecule has 0 heterocycles. The van der Waals surface area contributed by atoms with E-state index in [-0.39, 0.29) is 6.15 Å². The standard InChI is InChI=1S/H3N.H4O2SSi/c;1-3(2)4/h1H3;3H,4H3. The molecule has 0 radical (unpaired) electrons. The first-order valence-corrected chi connectivity index (χ1v) is 5.12. The minimum absolute atomic E-state index is 0. The van der Waals surface area contributed by atoms with Crippen LogP contribution in [-0.4, -0.2) is 17.8 Å². The molecule has 5 heavy (non-hydrogen) atoms. The van der Waals surface area contributed by atoms with Gasteiger partial charge >= 0.3 is 0 Å². The van der Waals surface area contributed by atoms with Crippen LogP contribution in [0.5, 0.6) is 0 Å². The van der Waals surface area contributed by atoms with Crippen molar-refractivity contribution in [1.82, 2.24) is 6.15 Å². The molecule has 0 fully saturated rings. The Hall–Kier alpha value is 0.127. The minimum atomic E-state index is -1.98. The molecule has 0 aromatic rings. The van der Waals surface area contributed by atoms with Crippen LogP contribution in [0.2, 0.25) is 0 Å². The second-order valence-electron chi connectivity index (χ2n) is 0.440. The Morgan fingerprint density at radius 3 is 1.40 bits per heavy atom. The van der Waals surface area contributed by atoms with Crippen molar-refractivity contribution in [2.24, 2.45) is 0 Å². The predicted octanol–water partition coefficient (Wildman–Crippen LogP) is -1.96. The van der Waals surface area contributed by atoms with E-state index in [9.17, 15) is 0 Å². The Labute approximate surface area is 35.0 Å². The summed E-state index contributed by atoms with van der Waals surface area (Å²) in [4.78, 5) is 0. The first-order chi connectivity index (χ1) is 1.73. The quantitative estimate of drug-likeness (QED) is 0.283. The summed E-state index contributed by atoms with van der Waals surface area (Å²) in [6, 6.07) is 0. The van der Waals surface area contributed by atoms with E-state index in [1.807, 2.05) is 0 Å². The van der Waals surface area contributed by atoms with Crippen molar-refractivity contribution < 1.29 is 8.42 Å². The number of hydrogen-bond acceptors (Lipinski definition) is 3. The van der Waals surface area contributed by atoms with E-state index in [1.165, 1.54) is 0 Å². The van der Waals surface area contributed by atoms with Gasteiger partial charge in [-0.05, 0) is 0 Å². The summed E-state index contributed by atoms with van der Waals surface area (Å²) in [5.41, 5.74) is 0. The SMILES string of the molecule is N.O=[SH](=O)[SiH3]. The summed E-state index contributed by atoms with van der Waals surface area (Å²) in [7, 11) is -1.68. The summed E-state index contributed by atoms with van der Waals surface area (Å²) in [6.07, 6.45) is 0. The van der Waals surface area contributed by atoms with Gasteiger partial charge in [0.25, 0.3) is 0 Å². The van der Waals surface area contributed by atoms with E-state index < -0.39 is 10.2 Å². The third-order valence-corrected chi connectivity index (χ3v) is 0. The highest BCUT2D eigenvalue weighted by atomic mass is 32.4. The van der Waals surface area contributed by atoms with Gasteiger partial charge in [0.15, 0.2) is 0 Å². The van der Waals surface area contributed by atoms with E-state index in [1.54, 1.807) is 0 Å². The van der Waals surface area contributed by atoms with Crippen LogP contribution < -0.4 is 6.15 Å². The molecule has 0 saturated carbocycles. The third-order valence-electron chi connectivity index (χ3n) is 0. The van der Waals surface area contributed by atoms with Crippen LogP contribution in [0.3, 0.4) is 0 Å². The number of thiol groups is 1. The minimum Gasteiger partial charge on any atom is -0.344 e. The zero-order valence-electron chi connectivity index (χ0n) is 2.97. The van der Waals surface area contributed by atoms with Crippen molar-refractivity contribution in [3.63, 3.8) is 0 Å². The fourth-order valence-electron chi connectivity index (χ4n) is 0. The lowest BCUT2D eigenvalue weighted by Gasteiger charge is -1.40. The Morgan fingerprint density at radius 2 is 1.40 bits per heavy atom. The van der Waals surface area contributed by atoms with Crippen LogP contribution in [0.25, 0.3) is 0 Å². The molecule has 34 valence electrons. The molecule has 0 aliphatic rings. The summed E-state index contributed by atoms with van der Waals surface area (Å²) >= 11 is 0. The number of rotatable bonds is 0. The van der Waals surface area contributed by atoms with Gasteiger partial charge in [-0.1, -0.05) is 0 Å². The molecule has 3 N–H and O–H groups in total. The van der Waals surface area contributed by atoms with Crippen LogP contribution in [0, 0.1) is 0 Å². The average Bonchev–Trinajstić information content (AvgIpc) is 0.811. The van der Waals surface area contributed by atoms with Crippen LogP contribution in [0.15, 0.2) is 0 Å². The highest BCUT2D eigenvalue weighted by Gasteiger charge is 1.46. The first kappa shape index (κ1) is 8.93. The molecule has 0 bridgehead atoms. The highest BCUT2D eigenvalue weighted by molar-refractivity contribution is 7.96. The van der Waals surface area contributed by atoms with Gasteiger partial charge in [-0.2, -0.15) is 0 Å². The second kappa shape index (κ2) is 4.13. The molecule has 5 heteroatoms. The van der Waals surface area contributed by atoms with Crippen molar-refractivity contribution in [3.05, 3.63) is 0 Å². The van der Waals surface area contributed by atoms with Gasteiger partial charge in [-0.15, -0.1) is 0 Å².